The van der Waals surface area contributed by atoms with E-state index in [1.54, 1.807) is 20.8 Å². The second-order valence-electron chi connectivity index (χ2n) is 2.71. The fraction of sp³-hybridized carbons (Fsp3) is 0.556. The maximum absolute atomic E-state index is 11.0. The third kappa shape index (κ3) is 3.32. The Morgan fingerprint density at radius 1 is 1.42 bits per heavy atom. The Kier molecular flexibility index (Phi) is 4.26. The molecule has 0 atom stereocenters. The molecule has 0 amide bonds. The number of carbonyl (C=O) groups excluding carboxylic acids is 2. The lowest BCUT2D eigenvalue weighted by atomic mass is 10.1. The van der Waals surface area contributed by atoms with Crippen molar-refractivity contribution in [2.75, 3.05) is 0 Å². The van der Waals surface area contributed by atoms with Gasteiger partial charge in [0.25, 0.3) is 0 Å². The topological polar surface area (TPSA) is 43.4 Å². The van der Waals surface area contributed by atoms with Gasteiger partial charge in [0.15, 0.2) is 5.78 Å². The Labute approximate surface area is 72.4 Å². The van der Waals surface area contributed by atoms with Crippen LogP contribution in [0.25, 0.3) is 0 Å². The van der Waals surface area contributed by atoms with Crippen molar-refractivity contribution in [2.45, 2.75) is 33.3 Å². The molecule has 0 heterocycles. The van der Waals surface area contributed by atoms with Crippen LogP contribution in [0.5, 0.6) is 0 Å². The molecule has 0 bridgehead atoms. The van der Waals surface area contributed by atoms with Crippen molar-refractivity contribution in [1.82, 2.24) is 0 Å². The van der Waals surface area contributed by atoms with Gasteiger partial charge in [-0.25, -0.2) is 4.79 Å². The molecular formula is C9H14O3. The molecule has 3 nitrogen and oxygen atoms in total. The fourth-order valence-corrected chi connectivity index (χ4v) is 0.612. The van der Waals surface area contributed by atoms with Gasteiger partial charge in [-0.3, -0.25) is 4.79 Å². The SMILES string of the molecule is C=C(C(=O)CC)C(=O)OC(C)C. The highest BCUT2D eigenvalue weighted by molar-refractivity contribution is 6.16. The number of esters is 1. The number of hydrogen-bond acceptors (Lipinski definition) is 3. The largest absolute Gasteiger partial charge is 0.459 e. The van der Waals surface area contributed by atoms with E-state index in [9.17, 15) is 9.59 Å². The molecule has 0 fully saturated rings. The lowest BCUT2D eigenvalue weighted by Crippen LogP contribution is -2.17. The summed E-state index contributed by atoms with van der Waals surface area (Å²) < 4.78 is 4.78. The predicted octanol–water partition coefficient (Wildman–Crippen LogP) is 1.47. The first kappa shape index (κ1) is 10.9. The van der Waals surface area contributed by atoms with Gasteiger partial charge in [0, 0.05) is 6.42 Å². The van der Waals surface area contributed by atoms with Crippen LogP contribution in [0.3, 0.4) is 0 Å². The lowest BCUT2D eigenvalue weighted by Gasteiger charge is -2.07. The molecule has 3 heteroatoms. The van der Waals surface area contributed by atoms with Crippen LogP contribution in [0.4, 0.5) is 0 Å². The molecule has 0 saturated carbocycles. The van der Waals surface area contributed by atoms with Crippen LogP contribution in [0, 0.1) is 0 Å². The summed E-state index contributed by atoms with van der Waals surface area (Å²) in [6.45, 7) is 8.48. The Morgan fingerprint density at radius 3 is 2.25 bits per heavy atom. The summed E-state index contributed by atoms with van der Waals surface area (Å²) >= 11 is 0. The van der Waals surface area contributed by atoms with Gasteiger partial charge in [0.1, 0.15) is 0 Å². The van der Waals surface area contributed by atoms with Crippen LogP contribution in [0.2, 0.25) is 0 Å². The number of ketones is 1. The standard InChI is InChI=1S/C9H14O3/c1-5-8(10)7(4)9(11)12-6(2)3/h6H,4-5H2,1-3H3. The van der Waals surface area contributed by atoms with Crippen LogP contribution in [0.15, 0.2) is 12.2 Å². The molecule has 0 unspecified atom stereocenters. The fourth-order valence-electron chi connectivity index (χ4n) is 0.612. The molecule has 0 aliphatic carbocycles. The molecular weight excluding hydrogens is 156 g/mol. The van der Waals surface area contributed by atoms with Gasteiger partial charge in [0.2, 0.25) is 0 Å². The van der Waals surface area contributed by atoms with E-state index in [1.165, 1.54) is 0 Å². The highest BCUT2D eigenvalue weighted by Crippen LogP contribution is 2.02. The molecule has 0 rings (SSSR count). The molecule has 0 aliphatic rings. The van der Waals surface area contributed by atoms with E-state index in [0.29, 0.717) is 0 Å². The van der Waals surface area contributed by atoms with Crippen molar-refractivity contribution < 1.29 is 14.3 Å². The zero-order valence-electron chi connectivity index (χ0n) is 7.72. The zero-order valence-corrected chi connectivity index (χ0v) is 7.72. The van der Waals surface area contributed by atoms with Crippen molar-refractivity contribution in [2.24, 2.45) is 0 Å². The summed E-state index contributed by atoms with van der Waals surface area (Å²) in [5.74, 6) is -0.877. The first-order chi connectivity index (χ1) is 5.49. The summed E-state index contributed by atoms with van der Waals surface area (Å²) in [5, 5.41) is 0. The summed E-state index contributed by atoms with van der Waals surface area (Å²) in [6, 6.07) is 0. The van der Waals surface area contributed by atoms with Crippen LogP contribution in [0.1, 0.15) is 27.2 Å². The first-order valence-electron chi connectivity index (χ1n) is 3.92. The van der Waals surface area contributed by atoms with Crippen molar-refractivity contribution >= 4 is 11.8 Å². The summed E-state index contributed by atoms with van der Waals surface area (Å²) in [4.78, 5) is 21.9. The third-order valence-electron chi connectivity index (χ3n) is 1.25. The highest BCUT2D eigenvalue weighted by atomic mass is 16.5. The van der Waals surface area contributed by atoms with E-state index in [-0.39, 0.29) is 23.9 Å². The number of Topliss-reactive ketones (excluding diaryl/α,β-unsaturated/α-hetero) is 1. The first-order valence-corrected chi connectivity index (χ1v) is 3.92. The van der Waals surface area contributed by atoms with Crippen LogP contribution < -0.4 is 0 Å². The molecule has 12 heavy (non-hydrogen) atoms. The van der Waals surface area contributed by atoms with Gasteiger partial charge in [-0.15, -0.1) is 0 Å². The maximum atomic E-state index is 11.0. The van der Waals surface area contributed by atoms with Crippen LogP contribution in [-0.2, 0) is 14.3 Å². The molecule has 0 radical (unpaired) electrons. The average Bonchev–Trinajstić information content (AvgIpc) is 2.00. The Bertz CT molecular complexity index is 204. The van der Waals surface area contributed by atoms with E-state index < -0.39 is 5.97 Å². The summed E-state index contributed by atoms with van der Waals surface area (Å²) in [6.07, 6.45) is 0.0744. The Balaban J connectivity index is 4.12. The molecule has 0 aliphatic heterocycles. The van der Waals surface area contributed by atoms with Crippen molar-refractivity contribution in [3.63, 3.8) is 0 Å². The second-order valence-corrected chi connectivity index (χ2v) is 2.71. The van der Waals surface area contributed by atoms with Gasteiger partial charge in [-0.2, -0.15) is 0 Å². The monoisotopic (exact) mass is 170 g/mol. The van der Waals surface area contributed by atoms with Crippen LogP contribution >= 0.6 is 0 Å². The zero-order chi connectivity index (χ0) is 9.72. The molecule has 0 aromatic rings. The summed E-state index contributed by atoms with van der Waals surface area (Å²) in [5.41, 5.74) is -0.0637. The van der Waals surface area contributed by atoms with Gasteiger partial charge in [-0.05, 0) is 13.8 Å². The molecule has 0 spiro atoms. The number of rotatable bonds is 4. The maximum Gasteiger partial charge on any atom is 0.341 e. The molecule has 0 N–H and O–H groups in total. The number of ether oxygens (including phenoxy) is 1. The second kappa shape index (κ2) is 4.70. The number of hydrogen-bond donors (Lipinski definition) is 0. The molecule has 68 valence electrons. The Morgan fingerprint density at radius 2 is 1.92 bits per heavy atom. The van der Waals surface area contributed by atoms with Crippen molar-refractivity contribution in [3.05, 3.63) is 12.2 Å². The van der Waals surface area contributed by atoms with Gasteiger partial charge < -0.3 is 4.74 Å². The summed E-state index contributed by atoms with van der Waals surface area (Å²) in [7, 11) is 0. The molecule has 0 aromatic carbocycles. The van der Waals surface area contributed by atoms with E-state index in [4.69, 9.17) is 4.74 Å². The van der Waals surface area contributed by atoms with Gasteiger partial charge in [-0.1, -0.05) is 13.5 Å². The molecule has 0 saturated heterocycles. The minimum absolute atomic E-state index is 0.0637. The van der Waals surface area contributed by atoms with E-state index >= 15 is 0 Å². The van der Waals surface area contributed by atoms with Crippen LogP contribution in [-0.4, -0.2) is 17.9 Å². The quantitative estimate of drug-likeness (QED) is 0.278. The highest BCUT2D eigenvalue weighted by Gasteiger charge is 2.15. The van der Waals surface area contributed by atoms with Gasteiger partial charge in [0.05, 0.1) is 11.7 Å². The predicted molar refractivity (Wildman–Crippen MR) is 45.7 cm³/mol. The normalized spacial score (nSPS) is 9.67. The lowest BCUT2D eigenvalue weighted by molar-refractivity contribution is -0.143. The van der Waals surface area contributed by atoms with Gasteiger partial charge >= 0.3 is 5.97 Å². The Hall–Kier alpha value is -1.12. The minimum atomic E-state index is -0.614. The molecule has 0 aromatic heterocycles. The van der Waals surface area contributed by atoms with Crippen molar-refractivity contribution in [3.8, 4) is 0 Å². The van der Waals surface area contributed by atoms with E-state index in [0.717, 1.165) is 0 Å². The van der Waals surface area contributed by atoms with E-state index in [1.807, 2.05) is 0 Å². The third-order valence-corrected chi connectivity index (χ3v) is 1.25. The number of carbonyl (C=O) groups is 2. The average molecular weight is 170 g/mol. The minimum Gasteiger partial charge on any atom is -0.459 e. The van der Waals surface area contributed by atoms with Crippen molar-refractivity contribution in [1.29, 1.82) is 0 Å². The smallest absolute Gasteiger partial charge is 0.341 e. The van der Waals surface area contributed by atoms with E-state index in [2.05, 4.69) is 6.58 Å².